The number of urea groups is 1. The van der Waals surface area contributed by atoms with Crippen LogP contribution in [0.1, 0.15) is 13.3 Å². The maximum atomic E-state index is 12.6. The number of hydrogen-bond acceptors (Lipinski definition) is 4. The molecule has 6 nitrogen and oxygen atoms in total. The smallest absolute Gasteiger partial charge is 0.321 e. The third-order valence-electron chi connectivity index (χ3n) is 4.70. The highest BCUT2D eigenvalue weighted by Gasteiger charge is 2.22. The number of carbonyl (C=O) groups excluding carboxylic acids is 1. The third kappa shape index (κ3) is 4.19. The number of benzene rings is 1. The van der Waals surface area contributed by atoms with E-state index in [2.05, 4.69) is 28.1 Å². The summed E-state index contributed by atoms with van der Waals surface area (Å²) in [5, 5.41) is 3.11. The molecule has 2 aliphatic rings. The summed E-state index contributed by atoms with van der Waals surface area (Å²) in [6.07, 6.45) is 1.17. The molecule has 24 heavy (non-hydrogen) atoms. The van der Waals surface area contributed by atoms with Crippen molar-refractivity contribution < 1.29 is 9.53 Å². The van der Waals surface area contributed by atoms with E-state index in [-0.39, 0.29) is 6.03 Å². The van der Waals surface area contributed by atoms with Crippen LogP contribution in [-0.4, -0.2) is 74.9 Å². The van der Waals surface area contributed by atoms with Crippen LogP contribution < -0.4 is 10.2 Å². The molecule has 0 radical (unpaired) electrons. The molecule has 0 bridgehead atoms. The van der Waals surface area contributed by atoms with Gasteiger partial charge in [0.15, 0.2) is 0 Å². The van der Waals surface area contributed by atoms with E-state index in [9.17, 15) is 4.79 Å². The Labute approximate surface area is 144 Å². The van der Waals surface area contributed by atoms with Crippen LogP contribution >= 0.6 is 0 Å². The number of anilines is 2. The summed E-state index contributed by atoms with van der Waals surface area (Å²) in [6.45, 7) is 10.0. The van der Waals surface area contributed by atoms with Crippen molar-refractivity contribution in [3.05, 3.63) is 24.3 Å². The molecule has 0 aromatic heterocycles. The van der Waals surface area contributed by atoms with E-state index in [0.29, 0.717) is 0 Å². The van der Waals surface area contributed by atoms with Gasteiger partial charge in [-0.05, 0) is 25.1 Å². The van der Waals surface area contributed by atoms with Crippen molar-refractivity contribution in [2.75, 3.05) is 69.2 Å². The van der Waals surface area contributed by atoms with Gasteiger partial charge < -0.3 is 19.9 Å². The van der Waals surface area contributed by atoms with Crippen molar-refractivity contribution in [1.29, 1.82) is 0 Å². The van der Waals surface area contributed by atoms with Crippen LogP contribution in [-0.2, 0) is 4.74 Å². The van der Waals surface area contributed by atoms with E-state index < -0.39 is 0 Å². The molecule has 0 aliphatic carbocycles. The number of nitrogens with zero attached hydrogens (tertiary/aromatic N) is 3. The van der Waals surface area contributed by atoms with Gasteiger partial charge in [0.2, 0.25) is 0 Å². The number of amides is 2. The number of rotatable bonds is 4. The summed E-state index contributed by atoms with van der Waals surface area (Å²) in [6, 6.07) is 8.05. The first-order chi connectivity index (χ1) is 11.8. The molecular formula is C18H28N4O2. The first kappa shape index (κ1) is 17.0. The highest BCUT2D eigenvalue weighted by molar-refractivity contribution is 5.93. The van der Waals surface area contributed by atoms with Gasteiger partial charge in [0.1, 0.15) is 0 Å². The minimum atomic E-state index is 0.00635. The molecule has 2 fully saturated rings. The highest BCUT2D eigenvalue weighted by Crippen LogP contribution is 2.26. The van der Waals surface area contributed by atoms with Crippen LogP contribution in [0.25, 0.3) is 0 Å². The molecule has 132 valence electrons. The number of ether oxygens (including phenoxy) is 1. The summed E-state index contributed by atoms with van der Waals surface area (Å²) < 4.78 is 5.43. The van der Waals surface area contributed by atoms with E-state index in [1.165, 1.54) is 6.42 Å². The topological polar surface area (TPSA) is 48.0 Å². The zero-order valence-corrected chi connectivity index (χ0v) is 14.5. The highest BCUT2D eigenvalue weighted by atomic mass is 16.5. The van der Waals surface area contributed by atoms with E-state index in [1.54, 1.807) is 0 Å². The Hall–Kier alpha value is -1.79. The zero-order chi connectivity index (χ0) is 16.8. The maximum absolute atomic E-state index is 12.6. The summed E-state index contributed by atoms with van der Waals surface area (Å²) in [5.41, 5.74) is 1.97. The Bertz CT molecular complexity index is 538. The van der Waals surface area contributed by atoms with Gasteiger partial charge in [0, 0.05) is 39.3 Å². The number of piperazine rings is 1. The first-order valence-corrected chi connectivity index (χ1v) is 8.98. The van der Waals surface area contributed by atoms with Crippen molar-refractivity contribution in [3.8, 4) is 0 Å². The molecule has 6 heteroatoms. The summed E-state index contributed by atoms with van der Waals surface area (Å²) in [7, 11) is 0. The number of hydrogen-bond donors (Lipinski definition) is 1. The number of carbonyl (C=O) groups is 1. The van der Waals surface area contributed by atoms with Crippen LogP contribution in [0.15, 0.2) is 24.3 Å². The van der Waals surface area contributed by atoms with Crippen LogP contribution in [0, 0.1) is 0 Å². The van der Waals surface area contributed by atoms with Gasteiger partial charge in [-0.25, -0.2) is 4.79 Å². The Morgan fingerprint density at radius 1 is 1.08 bits per heavy atom. The van der Waals surface area contributed by atoms with Gasteiger partial charge in [-0.2, -0.15) is 0 Å². The monoisotopic (exact) mass is 332 g/mol. The van der Waals surface area contributed by atoms with Crippen LogP contribution in [0.4, 0.5) is 16.2 Å². The molecule has 3 rings (SSSR count). The molecule has 1 aromatic carbocycles. The molecule has 2 aliphatic heterocycles. The second-order valence-electron chi connectivity index (χ2n) is 6.38. The molecule has 2 amide bonds. The fourth-order valence-corrected chi connectivity index (χ4v) is 3.34. The summed E-state index contributed by atoms with van der Waals surface area (Å²) in [5.74, 6) is 0. The second-order valence-corrected chi connectivity index (χ2v) is 6.38. The lowest BCUT2D eigenvalue weighted by Gasteiger charge is -2.35. The molecule has 0 saturated carbocycles. The zero-order valence-electron chi connectivity index (χ0n) is 14.5. The van der Waals surface area contributed by atoms with Crippen molar-refractivity contribution in [2.45, 2.75) is 13.3 Å². The lowest BCUT2D eigenvalue weighted by molar-refractivity contribution is 0.123. The Balaban J connectivity index is 1.60. The van der Waals surface area contributed by atoms with E-state index >= 15 is 0 Å². The van der Waals surface area contributed by atoms with Crippen molar-refractivity contribution in [2.24, 2.45) is 0 Å². The Morgan fingerprint density at radius 2 is 1.79 bits per heavy atom. The number of morpholine rings is 1. The van der Waals surface area contributed by atoms with E-state index in [4.69, 9.17) is 4.74 Å². The van der Waals surface area contributed by atoms with E-state index in [1.807, 2.05) is 23.1 Å². The lowest BCUT2D eigenvalue weighted by atomic mass is 10.2. The van der Waals surface area contributed by atoms with Gasteiger partial charge >= 0.3 is 6.03 Å². The van der Waals surface area contributed by atoms with Gasteiger partial charge in [-0.3, -0.25) is 4.90 Å². The number of nitrogens with one attached hydrogen (secondary N) is 1. The quantitative estimate of drug-likeness (QED) is 0.917. The fourth-order valence-electron chi connectivity index (χ4n) is 3.34. The van der Waals surface area contributed by atoms with Crippen LogP contribution in [0.3, 0.4) is 0 Å². The van der Waals surface area contributed by atoms with Crippen LogP contribution in [0.2, 0.25) is 0 Å². The van der Waals surface area contributed by atoms with Crippen molar-refractivity contribution >= 4 is 17.4 Å². The molecular weight excluding hydrogens is 304 g/mol. The van der Waals surface area contributed by atoms with Crippen molar-refractivity contribution in [1.82, 2.24) is 9.80 Å². The molecule has 0 unspecified atom stereocenters. The first-order valence-electron chi connectivity index (χ1n) is 8.98. The predicted octanol–water partition coefficient (Wildman–Crippen LogP) is 2.08. The third-order valence-corrected chi connectivity index (χ3v) is 4.70. The van der Waals surface area contributed by atoms with Gasteiger partial charge in [0.05, 0.1) is 24.6 Å². The average Bonchev–Trinajstić information content (AvgIpc) is 2.64. The fraction of sp³-hybridized carbons (Fsp3) is 0.611. The van der Waals surface area contributed by atoms with E-state index in [0.717, 1.165) is 70.4 Å². The summed E-state index contributed by atoms with van der Waals surface area (Å²) in [4.78, 5) is 19.2. The maximum Gasteiger partial charge on any atom is 0.321 e. The molecule has 0 atom stereocenters. The molecule has 2 saturated heterocycles. The number of para-hydroxylation sites is 2. The molecule has 0 spiro atoms. The minimum absolute atomic E-state index is 0.00635. The Morgan fingerprint density at radius 3 is 2.50 bits per heavy atom. The predicted molar refractivity (Wildman–Crippen MR) is 96.8 cm³/mol. The molecule has 1 aromatic rings. The Kier molecular flexibility index (Phi) is 5.93. The largest absolute Gasteiger partial charge is 0.378 e. The molecule has 2 heterocycles. The average molecular weight is 332 g/mol. The van der Waals surface area contributed by atoms with Gasteiger partial charge in [-0.1, -0.05) is 19.1 Å². The minimum Gasteiger partial charge on any atom is -0.378 e. The lowest BCUT2D eigenvalue weighted by Crippen LogP contribution is -2.50. The summed E-state index contributed by atoms with van der Waals surface area (Å²) >= 11 is 0. The van der Waals surface area contributed by atoms with Crippen LogP contribution in [0.5, 0.6) is 0 Å². The van der Waals surface area contributed by atoms with Gasteiger partial charge in [0.25, 0.3) is 0 Å². The normalized spacial score (nSPS) is 19.4. The molecule has 1 N–H and O–H groups in total. The second kappa shape index (κ2) is 8.35. The standard InChI is InChI=1S/C18H28N4O2/c1-2-7-20-8-10-22(11-9-20)18(23)19-16-5-3-4-6-17(16)21-12-14-24-15-13-21/h3-6H,2,7-15H2,1H3,(H,19,23). The SMILES string of the molecule is CCCN1CCN(C(=O)Nc2ccccc2N2CCOCC2)CC1. The van der Waals surface area contributed by atoms with Gasteiger partial charge in [-0.15, -0.1) is 0 Å². The van der Waals surface area contributed by atoms with Crippen molar-refractivity contribution in [3.63, 3.8) is 0 Å².